The summed E-state index contributed by atoms with van der Waals surface area (Å²) in [5, 5.41) is 6.34. The number of fused-ring (bicyclic) bond motifs is 1. The highest BCUT2D eigenvalue weighted by atomic mass is 79.9. The summed E-state index contributed by atoms with van der Waals surface area (Å²) in [7, 11) is 0. The number of nitrogen functional groups attached to an aromatic ring is 1. The molecule has 26 heavy (non-hydrogen) atoms. The number of benzene rings is 3. The lowest BCUT2D eigenvalue weighted by molar-refractivity contribution is -0.110. The van der Waals surface area contributed by atoms with Gasteiger partial charge in [0.15, 0.2) is 0 Å². The Labute approximate surface area is 159 Å². The molecular formula is C21H16BrN3O. The predicted molar refractivity (Wildman–Crippen MR) is 111 cm³/mol. The van der Waals surface area contributed by atoms with Crippen molar-refractivity contribution >= 4 is 50.2 Å². The van der Waals surface area contributed by atoms with E-state index in [1.54, 1.807) is 6.07 Å². The highest BCUT2D eigenvalue weighted by Crippen LogP contribution is 2.38. The van der Waals surface area contributed by atoms with Gasteiger partial charge in [0.25, 0.3) is 5.91 Å². The predicted octanol–water partition coefficient (Wildman–Crippen LogP) is 4.96. The van der Waals surface area contributed by atoms with Crippen molar-refractivity contribution in [3.63, 3.8) is 0 Å². The molecule has 0 saturated heterocycles. The third-order valence-corrected chi connectivity index (χ3v) is 4.69. The van der Waals surface area contributed by atoms with Crippen LogP contribution in [0.15, 0.2) is 77.3 Å². The minimum atomic E-state index is -0.146. The van der Waals surface area contributed by atoms with Gasteiger partial charge >= 0.3 is 0 Å². The monoisotopic (exact) mass is 405 g/mol. The number of hydrogen-bond acceptors (Lipinski definition) is 3. The third-order valence-electron chi connectivity index (χ3n) is 4.19. The van der Waals surface area contributed by atoms with Gasteiger partial charge in [-0.15, -0.1) is 0 Å². The zero-order valence-corrected chi connectivity index (χ0v) is 15.4. The molecule has 0 spiro atoms. The molecule has 0 radical (unpaired) electrons. The van der Waals surface area contributed by atoms with E-state index in [0.717, 1.165) is 32.7 Å². The third kappa shape index (κ3) is 3.09. The van der Waals surface area contributed by atoms with Gasteiger partial charge in [0.2, 0.25) is 0 Å². The number of amides is 1. The van der Waals surface area contributed by atoms with Crippen LogP contribution in [0.3, 0.4) is 0 Å². The van der Waals surface area contributed by atoms with Crippen molar-refractivity contribution < 1.29 is 4.79 Å². The zero-order chi connectivity index (χ0) is 18.1. The van der Waals surface area contributed by atoms with Crippen molar-refractivity contribution in [3.05, 3.63) is 88.4 Å². The van der Waals surface area contributed by atoms with Crippen molar-refractivity contribution in [1.29, 1.82) is 0 Å². The van der Waals surface area contributed by atoms with Crippen LogP contribution in [-0.2, 0) is 4.79 Å². The van der Waals surface area contributed by atoms with Gasteiger partial charge in [-0.1, -0.05) is 52.3 Å². The summed E-state index contributed by atoms with van der Waals surface area (Å²) >= 11 is 3.49. The summed E-state index contributed by atoms with van der Waals surface area (Å²) in [5.74, 6) is -0.146. The Bertz CT molecular complexity index is 1030. The van der Waals surface area contributed by atoms with Crippen molar-refractivity contribution in [3.8, 4) is 0 Å². The Hall–Kier alpha value is -3.05. The molecule has 0 bridgehead atoms. The Morgan fingerprint density at radius 1 is 0.962 bits per heavy atom. The second-order valence-electron chi connectivity index (χ2n) is 6.01. The molecule has 0 aromatic heterocycles. The van der Waals surface area contributed by atoms with Crippen LogP contribution in [0.2, 0.25) is 0 Å². The van der Waals surface area contributed by atoms with E-state index in [4.69, 9.17) is 5.73 Å². The Morgan fingerprint density at radius 3 is 2.54 bits per heavy atom. The lowest BCUT2D eigenvalue weighted by Crippen LogP contribution is -2.10. The minimum Gasteiger partial charge on any atom is -0.399 e. The maximum atomic E-state index is 12.8. The summed E-state index contributed by atoms with van der Waals surface area (Å²) in [4.78, 5) is 12.8. The molecule has 0 saturated carbocycles. The fourth-order valence-corrected chi connectivity index (χ4v) is 3.43. The normalized spacial score (nSPS) is 14.6. The van der Waals surface area contributed by atoms with Crippen LogP contribution in [0.4, 0.5) is 17.1 Å². The number of rotatable bonds is 3. The Kier molecular flexibility index (Phi) is 4.22. The lowest BCUT2D eigenvalue weighted by Gasteiger charge is -2.15. The molecule has 0 atom stereocenters. The number of halogens is 1. The molecule has 1 aliphatic rings. The maximum absolute atomic E-state index is 12.8. The average Bonchev–Trinajstić information content (AvgIpc) is 2.95. The van der Waals surface area contributed by atoms with Gasteiger partial charge in [0, 0.05) is 27.1 Å². The van der Waals surface area contributed by atoms with E-state index < -0.39 is 0 Å². The Balaban J connectivity index is 1.92. The molecule has 128 valence electrons. The van der Waals surface area contributed by atoms with E-state index in [9.17, 15) is 4.79 Å². The average molecular weight is 406 g/mol. The van der Waals surface area contributed by atoms with Gasteiger partial charge in [-0.2, -0.15) is 0 Å². The second-order valence-corrected chi connectivity index (χ2v) is 6.93. The van der Waals surface area contributed by atoms with E-state index in [0.29, 0.717) is 11.3 Å². The molecule has 5 heteroatoms. The first-order valence-electron chi connectivity index (χ1n) is 8.15. The van der Waals surface area contributed by atoms with Crippen LogP contribution >= 0.6 is 15.9 Å². The molecule has 1 heterocycles. The second kappa shape index (κ2) is 6.69. The number of carbonyl (C=O) groups is 1. The van der Waals surface area contributed by atoms with Crippen LogP contribution in [0.5, 0.6) is 0 Å². The first kappa shape index (κ1) is 16.4. The van der Waals surface area contributed by atoms with Crippen LogP contribution in [0.25, 0.3) is 11.3 Å². The molecule has 3 aromatic rings. The molecule has 1 aliphatic heterocycles. The standard InChI is InChI=1S/C21H16BrN3O/c22-14-7-4-8-16(11-14)24-20(13-5-2-1-3-6-13)19-17-12-15(23)9-10-18(17)25-21(19)26/h1-12,24H,23H2,(H,25,26)/b20-19-. The van der Waals surface area contributed by atoms with E-state index in [-0.39, 0.29) is 5.91 Å². The van der Waals surface area contributed by atoms with E-state index in [2.05, 4.69) is 26.6 Å². The van der Waals surface area contributed by atoms with Crippen molar-refractivity contribution in [2.45, 2.75) is 0 Å². The van der Waals surface area contributed by atoms with Crippen LogP contribution in [-0.4, -0.2) is 5.91 Å². The summed E-state index contributed by atoms with van der Waals surface area (Å²) in [5.41, 5.74) is 11.3. The smallest absolute Gasteiger partial charge is 0.258 e. The minimum absolute atomic E-state index is 0.146. The van der Waals surface area contributed by atoms with Crippen LogP contribution in [0, 0.1) is 0 Å². The van der Waals surface area contributed by atoms with Crippen molar-refractivity contribution in [1.82, 2.24) is 0 Å². The molecule has 1 amide bonds. The topological polar surface area (TPSA) is 67.1 Å². The van der Waals surface area contributed by atoms with E-state index in [1.807, 2.05) is 66.7 Å². The first-order valence-corrected chi connectivity index (χ1v) is 8.94. The number of carbonyl (C=O) groups excluding carboxylic acids is 1. The lowest BCUT2D eigenvalue weighted by atomic mass is 9.99. The molecular weight excluding hydrogens is 390 g/mol. The molecule has 4 rings (SSSR count). The quantitative estimate of drug-likeness (QED) is 0.425. The molecule has 3 aromatic carbocycles. The van der Waals surface area contributed by atoms with Gasteiger partial charge < -0.3 is 16.4 Å². The van der Waals surface area contributed by atoms with Gasteiger partial charge in [0.05, 0.1) is 11.3 Å². The molecule has 4 nitrogen and oxygen atoms in total. The number of anilines is 3. The molecule has 0 unspecified atom stereocenters. The summed E-state index contributed by atoms with van der Waals surface area (Å²) in [6.45, 7) is 0. The summed E-state index contributed by atoms with van der Waals surface area (Å²) < 4.78 is 0.959. The zero-order valence-electron chi connectivity index (χ0n) is 13.8. The van der Waals surface area contributed by atoms with Crippen LogP contribution in [0.1, 0.15) is 11.1 Å². The number of hydrogen-bond donors (Lipinski definition) is 3. The number of nitrogens with one attached hydrogen (secondary N) is 2. The fraction of sp³-hybridized carbons (Fsp3) is 0. The van der Waals surface area contributed by atoms with E-state index >= 15 is 0 Å². The van der Waals surface area contributed by atoms with E-state index in [1.165, 1.54) is 0 Å². The van der Waals surface area contributed by atoms with Gasteiger partial charge in [-0.25, -0.2) is 0 Å². The van der Waals surface area contributed by atoms with Crippen molar-refractivity contribution in [2.75, 3.05) is 16.4 Å². The Morgan fingerprint density at radius 2 is 1.77 bits per heavy atom. The SMILES string of the molecule is Nc1ccc2c(c1)/C(=C(/Nc1cccc(Br)c1)c1ccccc1)C(=O)N2. The summed E-state index contributed by atoms with van der Waals surface area (Å²) in [6, 6.07) is 23.1. The van der Waals surface area contributed by atoms with Crippen LogP contribution < -0.4 is 16.4 Å². The van der Waals surface area contributed by atoms with Gasteiger partial charge in [0.1, 0.15) is 0 Å². The van der Waals surface area contributed by atoms with Gasteiger partial charge in [-0.05, 0) is 42.0 Å². The summed E-state index contributed by atoms with van der Waals surface area (Å²) in [6.07, 6.45) is 0. The fourth-order valence-electron chi connectivity index (χ4n) is 3.03. The van der Waals surface area contributed by atoms with Crippen molar-refractivity contribution in [2.24, 2.45) is 0 Å². The number of nitrogens with two attached hydrogens (primary N) is 1. The molecule has 0 aliphatic carbocycles. The largest absolute Gasteiger partial charge is 0.399 e. The molecule has 4 N–H and O–H groups in total. The van der Waals surface area contributed by atoms with Gasteiger partial charge in [-0.3, -0.25) is 4.79 Å². The maximum Gasteiger partial charge on any atom is 0.258 e. The first-order chi connectivity index (χ1) is 12.6. The molecule has 0 fully saturated rings. The highest BCUT2D eigenvalue weighted by Gasteiger charge is 2.28. The highest BCUT2D eigenvalue weighted by molar-refractivity contribution is 9.10.